The summed E-state index contributed by atoms with van der Waals surface area (Å²) >= 11 is 1.33. The first kappa shape index (κ1) is 25.6. The monoisotopic (exact) mass is 560 g/mol. The highest BCUT2D eigenvalue weighted by atomic mass is 32.2. The maximum atomic E-state index is 12.8. The Labute approximate surface area is 229 Å². The van der Waals surface area contributed by atoms with E-state index < -0.39 is 11.9 Å². The van der Waals surface area contributed by atoms with E-state index in [0.29, 0.717) is 27.4 Å². The number of halogens is 3. The first-order valence-corrected chi connectivity index (χ1v) is 13.0. The average molecular weight is 561 g/mol. The van der Waals surface area contributed by atoms with Crippen molar-refractivity contribution in [1.29, 1.82) is 0 Å². The molecule has 1 aliphatic rings. The van der Waals surface area contributed by atoms with E-state index >= 15 is 0 Å². The lowest BCUT2D eigenvalue weighted by Gasteiger charge is -2.20. The average Bonchev–Trinajstić information content (AvgIpc) is 3.52. The Balaban J connectivity index is 1.28. The number of fused-ring (bicyclic) bond motifs is 3. The third kappa shape index (κ3) is 4.57. The fraction of sp³-hybridized carbons (Fsp3) is 0.148. The molecule has 4 heterocycles. The van der Waals surface area contributed by atoms with Gasteiger partial charge in [-0.25, -0.2) is 9.97 Å². The zero-order valence-corrected chi connectivity index (χ0v) is 21.9. The number of alkyl halides is 3. The minimum absolute atomic E-state index is 0.0501. The van der Waals surface area contributed by atoms with Gasteiger partial charge in [0.1, 0.15) is 6.33 Å². The van der Waals surface area contributed by atoms with Gasteiger partial charge in [0.05, 0.1) is 39.9 Å². The highest BCUT2D eigenvalue weighted by molar-refractivity contribution is 8.15. The molecule has 1 saturated heterocycles. The number of hydrogen-bond acceptors (Lipinski definition) is 8. The van der Waals surface area contributed by atoms with Gasteiger partial charge < -0.3 is 0 Å². The van der Waals surface area contributed by atoms with Crippen molar-refractivity contribution in [2.45, 2.75) is 20.0 Å². The summed E-state index contributed by atoms with van der Waals surface area (Å²) < 4.78 is 40.1. The van der Waals surface area contributed by atoms with Crippen LogP contribution in [0.5, 0.6) is 0 Å². The normalized spacial score (nSPS) is 15.4. The lowest BCUT2D eigenvalue weighted by atomic mass is 10.1. The van der Waals surface area contributed by atoms with Crippen LogP contribution in [0.2, 0.25) is 0 Å². The Morgan fingerprint density at radius 1 is 1.00 bits per heavy atom. The Morgan fingerprint density at radius 2 is 1.80 bits per heavy atom. The molecule has 0 saturated carbocycles. The summed E-state index contributed by atoms with van der Waals surface area (Å²) in [6.07, 6.45) is -1.57. The van der Waals surface area contributed by atoms with Gasteiger partial charge in [0.25, 0.3) is 0 Å². The molecule has 0 atom stereocenters. The molecule has 0 N–H and O–H groups in total. The van der Waals surface area contributed by atoms with Crippen LogP contribution in [0.3, 0.4) is 0 Å². The summed E-state index contributed by atoms with van der Waals surface area (Å²) in [6, 6.07) is 15.1. The number of hydrogen-bond donors (Lipinski definition) is 0. The van der Waals surface area contributed by atoms with E-state index in [1.807, 2.05) is 38.1 Å². The first-order valence-electron chi connectivity index (χ1n) is 12.0. The number of imidazole rings is 1. The summed E-state index contributed by atoms with van der Waals surface area (Å²) in [4.78, 5) is 23.3. The van der Waals surface area contributed by atoms with Gasteiger partial charge >= 0.3 is 6.18 Å². The van der Waals surface area contributed by atoms with E-state index in [0.717, 1.165) is 28.3 Å². The standard InChI is InChI=1S/C27H19F3N8OS/c1-15-4-3-5-16(2)25(15)38-23(39)13-40-26(38)36-32-12-17-6-7-18-19(33-17)8-9-20-24(18)31-14-37(20)22-11-10-21(34-35-22)27(28,29)30/h3-12,14H,13H2,1-2H3. The minimum Gasteiger partial charge on any atom is -0.281 e. The number of amidine groups is 1. The van der Waals surface area contributed by atoms with Crippen molar-refractivity contribution in [3.8, 4) is 5.82 Å². The molecule has 3 aromatic heterocycles. The number of rotatable bonds is 4. The van der Waals surface area contributed by atoms with Crippen LogP contribution in [0.25, 0.3) is 27.8 Å². The van der Waals surface area contributed by atoms with Gasteiger partial charge in [-0.2, -0.15) is 18.3 Å². The van der Waals surface area contributed by atoms with Gasteiger partial charge in [-0.15, -0.1) is 15.3 Å². The van der Waals surface area contributed by atoms with Crippen LogP contribution in [0.1, 0.15) is 22.5 Å². The van der Waals surface area contributed by atoms with Crippen LogP contribution in [0.4, 0.5) is 18.9 Å². The number of carbonyl (C=O) groups excluding carboxylic acids is 1. The molecular weight excluding hydrogens is 541 g/mol. The molecule has 200 valence electrons. The number of carbonyl (C=O) groups is 1. The van der Waals surface area contributed by atoms with Crippen molar-refractivity contribution in [2.75, 3.05) is 10.7 Å². The van der Waals surface area contributed by atoms with Gasteiger partial charge in [0.2, 0.25) is 5.91 Å². The molecule has 0 radical (unpaired) electrons. The zero-order chi connectivity index (χ0) is 28.0. The molecule has 6 rings (SSSR count). The lowest BCUT2D eigenvalue weighted by Crippen LogP contribution is -2.30. The first-order chi connectivity index (χ1) is 19.2. The molecule has 13 heteroatoms. The van der Waals surface area contributed by atoms with Crippen molar-refractivity contribution < 1.29 is 18.0 Å². The van der Waals surface area contributed by atoms with Crippen LogP contribution in [-0.2, 0) is 11.0 Å². The van der Waals surface area contributed by atoms with Gasteiger partial charge in [0.15, 0.2) is 16.7 Å². The topological polar surface area (TPSA) is 102 Å². The highest BCUT2D eigenvalue weighted by Crippen LogP contribution is 2.32. The molecule has 2 aromatic carbocycles. The smallest absolute Gasteiger partial charge is 0.281 e. The van der Waals surface area contributed by atoms with Gasteiger partial charge in [0, 0.05) is 5.39 Å². The number of aryl methyl sites for hydroxylation is 2. The Kier molecular flexibility index (Phi) is 6.29. The number of nitrogens with zero attached hydrogens (tertiary/aromatic N) is 8. The van der Waals surface area contributed by atoms with E-state index in [2.05, 4.69) is 30.4 Å². The van der Waals surface area contributed by atoms with Crippen LogP contribution < -0.4 is 4.90 Å². The van der Waals surface area contributed by atoms with Crippen LogP contribution >= 0.6 is 11.8 Å². The summed E-state index contributed by atoms with van der Waals surface area (Å²) in [6.45, 7) is 3.91. The minimum atomic E-state index is -4.57. The highest BCUT2D eigenvalue weighted by Gasteiger charge is 2.33. The van der Waals surface area contributed by atoms with Crippen LogP contribution in [0.15, 0.2) is 71.1 Å². The van der Waals surface area contributed by atoms with E-state index in [9.17, 15) is 18.0 Å². The number of benzene rings is 2. The maximum Gasteiger partial charge on any atom is 0.435 e. The molecular formula is C27H19F3N8OS. The van der Waals surface area contributed by atoms with E-state index in [-0.39, 0.29) is 17.5 Å². The molecule has 1 aliphatic heterocycles. The van der Waals surface area contributed by atoms with Gasteiger partial charge in [-0.3, -0.25) is 14.3 Å². The van der Waals surface area contributed by atoms with Gasteiger partial charge in [-0.05, 0) is 61.4 Å². The zero-order valence-electron chi connectivity index (χ0n) is 21.1. The van der Waals surface area contributed by atoms with Crippen molar-refractivity contribution in [2.24, 2.45) is 10.2 Å². The van der Waals surface area contributed by atoms with E-state index in [1.54, 1.807) is 27.7 Å². The summed E-state index contributed by atoms with van der Waals surface area (Å²) in [5.74, 6) is 0.451. The lowest BCUT2D eigenvalue weighted by molar-refractivity contribution is -0.141. The van der Waals surface area contributed by atoms with Gasteiger partial charge in [-0.1, -0.05) is 30.0 Å². The van der Waals surface area contributed by atoms with Crippen LogP contribution in [-0.4, -0.2) is 47.8 Å². The largest absolute Gasteiger partial charge is 0.435 e. The molecule has 1 amide bonds. The van der Waals surface area contributed by atoms with Crippen molar-refractivity contribution in [1.82, 2.24) is 24.7 Å². The predicted molar refractivity (Wildman–Crippen MR) is 148 cm³/mol. The molecule has 40 heavy (non-hydrogen) atoms. The fourth-order valence-corrected chi connectivity index (χ4v) is 5.32. The number of amides is 1. The number of pyridine rings is 1. The fourth-order valence-electron chi connectivity index (χ4n) is 4.51. The van der Waals surface area contributed by atoms with Crippen molar-refractivity contribution in [3.05, 3.63) is 83.4 Å². The number of para-hydroxylation sites is 1. The molecule has 0 aliphatic carbocycles. The van der Waals surface area contributed by atoms with Crippen molar-refractivity contribution in [3.63, 3.8) is 0 Å². The second-order valence-corrected chi connectivity index (χ2v) is 9.95. The summed E-state index contributed by atoms with van der Waals surface area (Å²) in [5, 5.41) is 16.8. The van der Waals surface area contributed by atoms with Crippen molar-refractivity contribution >= 4 is 56.7 Å². The van der Waals surface area contributed by atoms with E-state index in [4.69, 9.17) is 0 Å². The molecule has 0 bridgehead atoms. The number of anilines is 1. The second-order valence-electron chi connectivity index (χ2n) is 9.01. The summed E-state index contributed by atoms with van der Waals surface area (Å²) in [7, 11) is 0. The van der Waals surface area contributed by atoms with Crippen LogP contribution in [0, 0.1) is 13.8 Å². The number of thioether (sulfide) groups is 1. The van der Waals surface area contributed by atoms with E-state index in [1.165, 1.54) is 30.4 Å². The third-order valence-corrected chi connectivity index (χ3v) is 7.27. The number of aromatic nitrogens is 5. The molecule has 9 nitrogen and oxygen atoms in total. The third-order valence-electron chi connectivity index (χ3n) is 6.35. The SMILES string of the molecule is Cc1cccc(C)c1N1C(=O)CSC1=NN=Cc1ccc2c(ccc3c2ncn3-c2ccc(C(F)(F)F)nn2)n1. The molecule has 5 aromatic rings. The second kappa shape index (κ2) is 9.83. The predicted octanol–water partition coefficient (Wildman–Crippen LogP) is 5.47. The Morgan fingerprint density at radius 3 is 2.52 bits per heavy atom. The maximum absolute atomic E-state index is 12.8. The Bertz CT molecular complexity index is 1830. The molecule has 1 fully saturated rings. The molecule has 0 unspecified atom stereocenters. The quantitative estimate of drug-likeness (QED) is 0.213. The summed E-state index contributed by atoms with van der Waals surface area (Å²) in [5.41, 5.74) is 4.16. The molecule has 0 spiro atoms. The Hall–Kier alpha value is -4.65.